The Morgan fingerprint density at radius 2 is 1.96 bits per heavy atom. The largest absolute Gasteiger partial charge is 0.472 e. The maximum atomic E-state index is 9.07. The molecule has 0 fully saturated rings. The number of nitrogens with zero attached hydrogens (tertiary/aromatic N) is 3. The third kappa shape index (κ3) is 5.04. The maximum Gasteiger partial charge on any atom is 0.213 e. The highest BCUT2D eigenvalue weighted by atomic mass is 16.5. The smallest absolute Gasteiger partial charge is 0.213 e. The van der Waals surface area contributed by atoms with Gasteiger partial charge in [0.2, 0.25) is 5.88 Å². The number of aliphatic hydroxyl groups is 1. The van der Waals surface area contributed by atoms with Crippen LogP contribution in [0.3, 0.4) is 0 Å². The molecule has 0 saturated carbocycles. The first-order chi connectivity index (χ1) is 11.3. The summed E-state index contributed by atoms with van der Waals surface area (Å²) >= 11 is 0. The third-order valence-corrected chi connectivity index (χ3v) is 3.68. The van der Waals surface area contributed by atoms with Crippen LogP contribution in [0.25, 0.3) is 0 Å². The van der Waals surface area contributed by atoms with Crippen molar-refractivity contribution in [3.05, 3.63) is 40.8 Å². The average molecular weight is 332 g/mol. The van der Waals surface area contributed by atoms with Gasteiger partial charge in [0, 0.05) is 36.6 Å². The molecule has 6 nitrogen and oxygen atoms in total. The van der Waals surface area contributed by atoms with Crippen molar-refractivity contribution in [1.82, 2.24) is 20.1 Å². The van der Waals surface area contributed by atoms with E-state index in [1.54, 1.807) is 0 Å². The molecule has 0 unspecified atom stereocenters. The molecule has 0 atom stereocenters. The molecule has 0 bridgehead atoms. The van der Waals surface area contributed by atoms with E-state index < -0.39 is 0 Å². The molecule has 2 N–H and O–H groups in total. The summed E-state index contributed by atoms with van der Waals surface area (Å²) in [7, 11) is 0. The van der Waals surface area contributed by atoms with E-state index in [4.69, 9.17) is 9.84 Å². The Kier molecular flexibility index (Phi) is 5.96. The first-order valence-corrected chi connectivity index (χ1v) is 8.28. The van der Waals surface area contributed by atoms with E-state index in [-0.39, 0.29) is 12.2 Å². The molecule has 2 aromatic heterocycles. The highest BCUT2D eigenvalue weighted by Gasteiger charge is 2.13. The predicted molar refractivity (Wildman–Crippen MR) is 93.9 cm³/mol. The van der Waals surface area contributed by atoms with Crippen LogP contribution in [-0.4, -0.2) is 32.1 Å². The SMILES string of the molecule is Cc1nn(CCO)c(C)c1CNCc1ccc(OC(C)(C)C)nc1. The Bertz CT molecular complexity index is 657. The Morgan fingerprint density at radius 1 is 1.21 bits per heavy atom. The summed E-state index contributed by atoms with van der Waals surface area (Å²) in [6, 6.07) is 3.92. The highest BCUT2D eigenvalue weighted by Crippen LogP contribution is 2.16. The Morgan fingerprint density at radius 3 is 2.54 bits per heavy atom. The second-order valence-electron chi connectivity index (χ2n) is 6.92. The van der Waals surface area contributed by atoms with E-state index in [2.05, 4.69) is 15.4 Å². The van der Waals surface area contributed by atoms with Crippen molar-refractivity contribution in [2.24, 2.45) is 0 Å². The van der Waals surface area contributed by atoms with Gasteiger partial charge in [-0.1, -0.05) is 6.07 Å². The lowest BCUT2D eigenvalue weighted by atomic mass is 10.2. The van der Waals surface area contributed by atoms with Gasteiger partial charge in [-0.25, -0.2) is 4.98 Å². The molecule has 0 radical (unpaired) electrons. The second kappa shape index (κ2) is 7.77. The van der Waals surface area contributed by atoms with E-state index in [1.807, 2.05) is 57.6 Å². The fourth-order valence-corrected chi connectivity index (χ4v) is 2.52. The third-order valence-electron chi connectivity index (χ3n) is 3.68. The highest BCUT2D eigenvalue weighted by molar-refractivity contribution is 5.24. The van der Waals surface area contributed by atoms with Crippen molar-refractivity contribution in [2.45, 2.75) is 59.9 Å². The summed E-state index contributed by atoms with van der Waals surface area (Å²) in [4.78, 5) is 4.35. The molecule has 0 aromatic carbocycles. The van der Waals surface area contributed by atoms with Crippen molar-refractivity contribution in [3.8, 4) is 5.88 Å². The molecule has 2 heterocycles. The maximum absolute atomic E-state index is 9.07. The molecule has 132 valence electrons. The van der Waals surface area contributed by atoms with E-state index in [1.165, 1.54) is 5.56 Å². The Balaban J connectivity index is 1.90. The average Bonchev–Trinajstić information content (AvgIpc) is 2.75. The number of hydrogen-bond acceptors (Lipinski definition) is 5. The zero-order valence-electron chi connectivity index (χ0n) is 15.3. The molecule has 2 rings (SSSR count). The molecular weight excluding hydrogens is 304 g/mol. The van der Waals surface area contributed by atoms with Crippen molar-refractivity contribution in [3.63, 3.8) is 0 Å². The number of pyridine rings is 1. The van der Waals surface area contributed by atoms with Crippen LogP contribution in [0.15, 0.2) is 18.3 Å². The van der Waals surface area contributed by atoms with Gasteiger partial charge in [0.1, 0.15) is 5.60 Å². The van der Waals surface area contributed by atoms with Gasteiger partial charge >= 0.3 is 0 Å². The van der Waals surface area contributed by atoms with E-state index in [9.17, 15) is 0 Å². The van der Waals surface area contributed by atoms with Crippen molar-refractivity contribution in [2.75, 3.05) is 6.61 Å². The van der Waals surface area contributed by atoms with Crippen molar-refractivity contribution in [1.29, 1.82) is 0 Å². The number of aliphatic hydroxyl groups excluding tert-OH is 1. The predicted octanol–water partition coefficient (Wildman–Crippen LogP) is 2.35. The first kappa shape index (κ1) is 18.4. The molecule has 6 heteroatoms. The fourth-order valence-electron chi connectivity index (χ4n) is 2.52. The Hall–Kier alpha value is -1.92. The summed E-state index contributed by atoms with van der Waals surface area (Å²) in [6.07, 6.45) is 1.84. The van der Waals surface area contributed by atoms with E-state index >= 15 is 0 Å². The van der Waals surface area contributed by atoms with Crippen LogP contribution in [0.1, 0.15) is 43.3 Å². The van der Waals surface area contributed by atoms with Crippen LogP contribution in [-0.2, 0) is 19.6 Å². The van der Waals surface area contributed by atoms with E-state index in [0.29, 0.717) is 12.4 Å². The minimum absolute atomic E-state index is 0.101. The normalized spacial score (nSPS) is 11.8. The lowest BCUT2D eigenvalue weighted by Crippen LogP contribution is -2.23. The van der Waals surface area contributed by atoms with Crippen LogP contribution >= 0.6 is 0 Å². The summed E-state index contributed by atoms with van der Waals surface area (Å²) < 4.78 is 7.58. The molecule has 0 aliphatic heterocycles. The minimum atomic E-state index is -0.240. The molecule has 0 saturated heterocycles. The summed E-state index contributed by atoms with van der Waals surface area (Å²) in [6.45, 7) is 12.2. The zero-order chi connectivity index (χ0) is 17.7. The molecule has 2 aromatic rings. The summed E-state index contributed by atoms with van der Waals surface area (Å²) in [5.41, 5.74) is 4.15. The molecular formula is C18H28N4O2. The number of nitrogens with one attached hydrogen (secondary N) is 1. The summed E-state index contributed by atoms with van der Waals surface area (Å²) in [5.74, 6) is 0.642. The van der Waals surface area contributed by atoms with Gasteiger partial charge in [-0.15, -0.1) is 0 Å². The second-order valence-corrected chi connectivity index (χ2v) is 6.92. The van der Waals surface area contributed by atoms with Gasteiger partial charge in [-0.2, -0.15) is 5.10 Å². The van der Waals surface area contributed by atoms with E-state index in [0.717, 1.165) is 30.0 Å². The van der Waals surface area contributed by atoms with Crippen LogP contribution in [0.4, 0.5) is 0 Å². The number of aryl methyl sites for hydroxylation is 1. The van der Waals surface area contributed by atoms with Gasteiger partial charge in [-0.3, -0.25) is 4.68 Å². The van der Waals surface area contributed by atoms with Crippen LogP contribution in [0, 0.1) is 13.8 Å². The first-order valence-electron chi connectivity index (χ1n) is 8.28. The van der Waals surface area contributed by atoms with Gasteiger partial charge in [0.05, 0.1) is 18.8 Å². The minimum Gasteiger partial charge on any atom is -0.472 e. The molecule has 0 aliphatic carbocycles. The van der Waals surface area contributed by atoms with Crippen LogP contribution < -0.4 is 10.1 Å². The number of ether oxygens (including phenoxy) is 1. The zero-order valence-corrected chi connectivity index (χ0v) is 15.3. The fraction of sp³-hybridized carbons (Fsp3) is 0.556. The number of rotatable bonds is 7. The molecule has 0 amide bonds. The Labute approximate surface area is 143 Å². The van der Waals surface area contributed by atoms with Crippen molar-refractivity contribution >= 4 is 0 Å². The topological polar surface area (TPSA) is 72.2 Å². The summed E-state index contributed by atoms with van der Waals surface area (Å²) in [5, 5.41) is 17.0. The number of aromatic nitrogens is 3. The lowest BCUT2D eigenvalue weighted by molar-refractivity contribution is 0.124. The van der Waals surface area contributed by atoms with Gasteiger partial charge < -0.3 is 15.2 Å². The lowest BCUT2D eigenvalue weighted by Gasteiger charge is -2.20. The van der Waals surface area contributed by atoms with Gasteiger partial charge in [0.15, 0.2) is 0 Å². The monoisotopic (exact) mass is 332 g/mol. The number of hydrogen-bond donors (Lipinski definition) is 2. The van der Waals surface area contributed by atoms with Gasteiger partial charge in [0.25, 0.3) is 0 Å². The van der Waals surface area contributed by atoms with Crippen LogP contribution in [0.2, 0.25) is 0 Å². The quantitative estimate of drug-likeness (QED) is 0.814. The molecule has 24 heavy (non-hydrogen) atoms. The standard InChI is InChI=1S/C18H28N4O2/c1-13-16(14(2)22(21-13)8-9-23)12-19-10-15-6-7-17(20-11-15)24-18(3,4)5/h6-7,11,19,23H,8-10,12H2,1-5H3. The molecule has 0 spiro atoms. The van der Waals surface area contributed by atoms with Crippen molar-refractivity contribution < 1.29 is 9.84 Å². The van der Waals surface area contributed by atoms with Crippen LogP contribution in [0.5, 0.6) is 5.88 Å². The molecule has 0 aliphatic rings. The van der Waals surface area contributed by atoms with Gasteiger partial charge in [-0.05, 0) is 40.2 Å².